The normalized spacial score (nSPS) is 31.7. The van der Waals surface area contributed by atoms with Crippen LogP contribution in [-0.4, -0.2) is 61.1 Å². The molecule has 0 aromatic heterocycles. The van der Waals surface area contributed by atoms with Gasteiger partial charge in [0, 0.05) is 19.1 Å². The van der Waals surface area contributed by atoms with Gasteiger partial charge in [0.1, 0.15) is 6.04 Å². The second-order valence-corrected chi connectivity index (χ2v) is 5.66. The average molecular weight is 254 g/mol. The summed E-state index contributed by atoms with van der Waals surface area (Å²) in [4.78, 5) is 16.6. The zero-order valence-corrected chi connectivity index (χ0v) is 11.9. The third kappa shape index (κ3) is 2.86. The number of likely N-dealkylation sites (tertiary alicyclic amines) is 2. The van der Waals surface area contributed by atoms with Gasteiger partial charge in [0.25, 0.3) is 0 Å². The van der Waals surface area contributed by atoms with Crippen LogP contribution >= 0.6 is 0 Å². The third-order valence-electron chi connectivity index (χ3n) is 4.55. The Bertz CT molecular complexity index is 296. The van der Waals surface area contributed by atoms with E-state index in [4.69, 9.17) is 4.74 Å². The van der Waals surface area contributed by atoms with Crippen LogP contribution in [0.3, 0.4) is 0 Å². The number of piperidine rings is 2. The maximum Gasteiger partial charge on any atom is 0.323 e. The topological polar surface area (TPSA) is 32.8 Å². The van der Waals surface area contributed by atoms with Crippen LogP contribution in [0.5, 0.6) is 0 Å². The Kier molecular flexibility index (Phi) is 4.62. The van der Waals surface area contributed by atoms with E-state index in [1.54, 1.807) is 0 Å². The molecule has 0 aliphatic carbocycles. The highest BCUT2D eigenvalue weighted by Crippen LogP contribution is 2.30. The fraction of sp³-hybridized carbons (Fsp3) is 0.929. The zero-order chi connectivity index (χ0) is 13.1. The number of nitrogens with zero attached hydrogens (tertiary/aromatic N) is 2. The fourth-order valence-electron chi connectivity index (χ4n) is 3.44. The van der Waals surface area contributed by atoms with Crippen molar-refractivity contribution in [3.63, 3.8) is 0 Å². The SMILES string of the molecule is CCOC(=O)C(C)N1CCC2C(CCCN2C)C1. The summed E-state index contributed by atoms with van der Waals surface area (Å²) >= 11 is 0. The Morgan fingerprint density at radius 3 is 2.89 bits per heavy atom. The molecule has 0 amide bonds. The number of hydrogen-bond donors (Lipinski definition) is 0. The van der Waals surface area contributed by atoms with Crippen LogP contribution in [0, 0.1) is 5.92 Å². The van der Waals surface area contributed by atoms with E-state index in [-0.39, 0.29) is 12.0 Å². The summed E-state index contributed by atoms with van der Waals surface area (Å²) in [5, 5.41) is 0. The van der Waals surface area contributed by atoms with Crippen molar-refractivity contribution in [3.8, 4) is 0 Å². The molecule has 2 rings (SSSR count). The molecule has 3 unspecified atom stereocenters. The maximum absolute atomic E-state index is 11.8. The quantitative estimate of drug-likeness (QED) is 0.712. The predicted octanol–water partition coefficient (Wildman–Crippen LogP) is 1.35. The van der Waals surface area contributed by atoms with Gasteiger partial charge in [0.05, 0.1) is 6.61 Å². The standard InChI is InChI=1S/C14H26N2O2/c1-4-18-14(17)11(2)16-9-7-13-12(10-16)6-5-8-15(13)3/h11-13H,4-10H2,1-3H3. The summed E-state index contributed by atoms with van der Waals surface area (Å²) < 4.78 is 5.12. The van der Waals surface area contributed by atoms with Gasteiger partial charge < -0.3 is 9.64 Å². The highest BCUT2D eigenvalue weighted by Gasteiger charge is 2.37. The first-order valence-corrected chi connectivity index (χ1v) is 7.24. The van der Waals surface area contributed by atoms with Crippen LogP contribution < -0.4 is 0 Å². The van der Waals surface area contributed by atoms with Crippen molar-refractivity contribution in [2.24, 2.45) is 5.92 Å². The molecule has 0 radical (unpaired) electrons. The third-order valence-corrected chi connectivity index (χ3v) is 4.55. The highest BCUT2D eigenvalue weighted by atomic mass is 16.5. The maximum atomic E-state index is 11.8. The van der Waals surface area contributed by atoms with Crippen molar-refractivity contribution >= 4 is 5.97 Å². The number of carbonyl (C=O) groups is 1. The summed E-state index contributed by atoms with van der Waals surface area (Å²) in [5.74, 6) is 0.662. The number of ether oxygens (including phenoxy) is 1. The van der Waals surface area contributed by atoms with E-state index in [1.807, 2.05) is 13.8 Å². The number of hydrogen-bond acceptors (Lipinski definition) is 4. The van der Waals surface area contributed by atoms with E-state index < -0.39 is 0 Å². The van der Waals surface area contributed by atoms with Crippen molar-refractivity contribution in [1.29, 1.82) is 0 Å². The van der Waals surface area contributed by atoms with E-state index >= 15 is 0 Å². The molecule has 3 atom stereocenters. The van der Waals surface area contributed by atoms with E-state index in [0.717, 1.165) is 25.0 Å². The molecule has 0 aromatic rings. The summed E-state index contributed by atoms with van der Waals surface area (Å²) in [6.45, 7) is 7.62. The van der Waals surface area contributed by atoms with E-state index in [2.05, 4.69) is 16.8 Å². The van der Waals surface area contributed by atoms with Crippen LogP contribution in [0.15, 0.2) is 0 Å². The van der Waals surface area contributed by atoms with Crippen molar-refractivity contribution in [3.05, 3.63) is 0 Å². The number of esters is 1. The molecule has 2 heterocycles. The molecule has 0 saturated carbocycles. The van der Waals surface area contributed by atoms with Crippen LogP contribution in [0.25, 0.3) is 0 Å². The number of rotatable bonds is 3. The lowest BCUT2D eigenvalue weighted by molar-refractivity contribution is -0.150. The molecule has 4 nitrogen and oxygen atoms in total. The van der Waals surface area contributed by atoms with Gasteiger partial charge in [-0.3, -0.25) is 9.69 Å². The molecule has 2 saturated heterocycles. The minimum absolute atomic E-state index is 0.0693. The molecule has 2 aliphatic heterocycles. The van der Waals surface area contributed by atoms with E-state index in [0.29, 0.717) is 6.61 Å². The van der Waals surface area contributed by atoms with Crippen molar-refractivity contribution < 1.29 is 9.53 Å². The molecular weight excluding hydrogens is 228 g/mol. The Hall–Kier alpha value is -0.610. The lowest BCUT2D eigenvalue weighted by Gasteiger charge is -2.47. The summed E-state index contributed by atoms with van der Waals surface area (Å²) in [7, 11) is 2.24. The first-order valence-electron chi connectivity index (χ1n) is 7.24. The molecule has 2 aliphatic rings. The second kappa shape index (κ2) is 6.02. The Morgan fingerprint density at radius 2 is 2.17 bits per heavy atom. The Morgan fingerprint density at radius 1 is 1.39 bits per heavy atom. The molecule has 18 heavy (non-hydrogen) atoms. The Labute approximate surface area is 110 Å². The van der Waals surface area contributed by atoms with Crippen LogP contribution in [0.4, 0.5) is 0 Å². The molecular formula is C14H26N2O2. The van der Waals surface area contributed by atoms with E-state index in [1.165, 1.54) is 25.8 Å². The Balaban J connectivity index is 1.92. The van der Waals surface area contributed by atoms with Gasteiger partial charge in [-0.2, -0.15) is 0 Å². The second-order valence-electron chi connectivity index (χ2n) is 5.66. The zero-order valence-electron chi connectivity index (χ0n) is 11.9. The molecule has 4 heteroatoms. The molecule has 0 aromatic carbocycles. The summed E-state index contributed by atoms with van der Waals surface area (Å²) in [6, 6.07) is 0.641. The van der Waals surface area contributed by atoms with Crippen molar-refractivity contribution in [2.45, 2.75) is 45.2 Å². The van der Waals surface area contributed by atoms with Crippen molar-refractivity contribution in [2.75, 3.05) is 33.3 Å². The van der Waals surface area contributed by atoms with Gasteiger partial charge in [0.2, 0.25) is 0 Å². The fourth-order valence-corrected chi connectivity index (χ4v) is 3.44. The lowest BCUT2D eigenvalue weighted by Crippen LogP contribution is -2.55. The van der Waals surface area contributed by atoms with Crippen molar-refractivity contribution in [1.82, 2.24) is 9.80 Å². The molecule has 104 valence electrons. The molecule has 0 bridgehead atoms. The minimum atomic E-state index is -0.0851. The van der Waals surface area contributed by atoms with E-state index in [9.17, 15) is 4.79 Å². The minimum Gasteiger partial charge on any atom is -0.465 e. The number of carbonyl (C=O) groups excluding carboxylic acids is 1. The average Bonchev–Trinajstić information content (AvgIpc) is 2.38. The van der Waals surface area contributed by atoms with Gasteiger partial charge in [-0.05, 0) is 52.6 Å². The summed E-state index contributed by atoms with van der Waals surface area (Å²) in [5.41, 5.74) is 0. The van der Waals surface area contributed by atoms with Gasteiger partial charge in [-0.1, -0.05) is 0 Å². The largest absolute Gasteiger partial charge is 0.465 e. The molecule has 0 spiro atoms. The predicted molar refractivity (Wildman–Crippen MR) is 71.4 cm³/mol. The lowest BCUT2D eigenvalue weighted by atomic mass is 9.84. The van der Waals surface area contributed by atoms with Gasteiger partial charge in [-0.15, -0.1) is 0 Å². The number of fused-ring (bicyclic) bond motifs is 1. The molecule has 2 fully saturated rings. The molecule has 0 N–H and O–H groups in total. The first-order chi connectivity index (χ1) is 8.63. The first kappa shape index (κ1) is 13.8. The smallest absolute Gasteiger partial charge is 0.323 e. The van der Waals surface area contributed by atoms with Gasteiger partial charge in [-0.25, -0.2) is 0 Å². The summed E-state index contributed by atoms with van der Waals surface area (Å²) in [6.07, 6.45) is 3.78. The van der Waals surface area contributed by atoms with Crippen LogP contribution in [0.1, 0.15) is 33.1 Å². The van der Waals surface area contributed by atoms with Crippen LogP contribution in [-0.2, 0) is 9.53 Å². The monoisotopic (exact) mass is 254 g/mol. The van der Waals surface area contributed by atoms with Gasteiger partial charge >= 0.3 is 5.97 Å². The van der Waals surface area contributed by atoms with Gasteiger partial charge in [0.15, 0.2) is 0 Å². The highest BCUT2D eigenvalue weighted by molar-refractivity contribution is 5.75. The van der Waals surface area contributed by atoms with Crippen LogP contribution in [0.2, 0.25) is 0 Å².